The average Bonchev–Trinajstić information content (AvgIpc) is 2.41. The monoisotopic (exact) mass is 278 g/mol. The van der Waals surface area contributed by atoms with Gasteiger partial charge in [-0.3, -0.25) is 9.00 Å². The lowest BCUT2D eigenvalue weighted by atomic mass is 10.1. The normalized spacial score (nSPS) is 11.3. The Balaban J connectivity index is 2.46. The Hall–Kier alpha value is -1.64. The second-order valence-electron chi connectivity index (χ2n) is 3.97. The van der Waals surface area contributed by atoms with Crippen molar-refractivity contribution in [2.75, 3.05) is 25.1 Å². The van der Waals surface area contributed by atoms with Gasteiger partial charge in [-0.25, -0.2) is 0 Å². The molecule has 0 saturated carbocycles. The summed E-state index contributed by atoms with van der Waals surface area (Å²) in [4.78, 5) is 11.8. The highest BCUT2D eigenvalue weighted by Crippen LogP contribution is 2.03. The number of rotatable bonds is 5. The first-order valence-corrected chi connectivity index (χ1v) is 7.73. The third kappa shape index (κ3) is 6.18. The van der Waals surface area contributed by atoms with Crippen LogP contribution in [0.1, 0.15) is 22.3 Å². The Morgan fingerprint density at radius 3 is 2.63 bits per heavy atom. The first-order valence-electron chi connectivity index (χ1n) is 6.00. The molecule has 1 amide bonds. The predicted octanol–water partition coefficient (Wildman–Crippen LogP) is 0.495. The lowest BCUT2D eigenvalue weighted by Crippen LogP contribution is -2.25. The molecule has 0 fully saturated rings. The van der Waals surface area contributed by atoms with E-state index in [1.807, 2.05) is 0 Å². The van der Waals surface area contributed by atoms with Crippen molar-refractivity contribution in [2.24, 2.45) is 5.73 Å². The number of carbonyl (C=O) groups is 1. The number of nitrogens with two attached hydrogens (primary N) is 1. The molecule has 0 bridgehead atoms. The summed E-state index contributed by atoms with van der Waals surface area (Å²) >= 11 is 0. The van der Waals surface area contributed by atoms with E-state index in [1.165, 1.54) is 0 Å². The van der Waals surface area contributed by atoms with Crippen LogP contribution in [0.5, 0.6) is 0 Å². The molecular formula is C14H18N2O2S. The molecule has 102 valence electrons. The number of nitrogens with one attached hydrogen (secondary N) is 1. The number of amides is 1. The van der Waals surface area contributed by atoms with Crippen LogP contribution >= 0.6 is 0 Å². The van der Waals surface area contributed by atoms with Crippen molar-refractivity contribution in [1.29, 1.82) is 0 Å². The molecule has 0 aromatic heterocycles. The van der Waals surface area contributed by atoms with E-state index < -0.39 is 10.8 Å². The Bertz CT molecular complexity index is 500. The van der Waals surface area contributed by atoms with Crippen LogP contribution in [-0.4, -0.2) is 35.2 Å². The van der Waals surface area contributed by atoms with Gasteiger partial charge in [0.05, 0.1) is 6.54 Å². The molecule has 1 unspecified atom stereocenters. The first-order chi connectivity index (χ1) is 9.13. The molecule has 4 nitrogen and oxygen atoms in total. The molecule has 19 heavy (non-hydrogen) atoms. The fourth-order valence-corrected chi connectivity index (χ4v) is 1.99. The SMILES string of the molecule is CS(=O)CCCNC(=O)c1ccc(C#CCN)cc1. The molecule has 0 radical (unpaired) electrons. The first kappa shape index (κ1) is 15.4. The van der Waals surface area contributed by atoms with Gasteiger partial charge in [0, 0.05) is 40.5 Å². The van der Waals surface area contributed by atoms with Crippen molar-refractivity contribution in [3.05, 3.63) is 35.4 Å². The Morgan fingerprint density at radius 2 is 2.05 bits per heavy atom. The third-order valence-corrected chi connectivity index (χ3v) is 3.24. The molecule has 1 aromatic carbocycles. The van der Waals surface area contributed by atoms with E-state index in [2.05, 4.69) is 17.2 Å². The van der Waals surface area contributed by atoms with E-state index in [1.54, 1.807) is 30.5 Å². The smallest absolute Gasteiger partial charge is 0.251 e. The minimum Gasteiger partial charge on any atom is -0.352 e. The quantitative estimate of drug-likeness (QED) is 0.608. The minimum absolute atomic E-state index is 0.125. The molecule has 1 atom stereocenters. The van der Waals surface area contributed by atoms with Gasteiger partial charge in [0.15, 0.2) is 0 Å². The second kappa shape index (κ2) is 8.46. The largest absolute Gasteiger partial charge is 0.352 e. The van der Waals surface area contributed by atoms with Crippen LogP contribution in [0.4, 0.5) is 0 Å². The van der Waals surface area contributed by atoms with Gasteiger partial charge in [0.25, 0.3) is 5.91 Å². The number of benzene rings is 1. The van der Waals surface area contributed by atoms with Gasteiger partial charge in [0.1, 0.15) is 0 Å². The van der Waals surface area contributed by atoms with Crippen molar-refractivity contribution in [2.45, 2.75) is 6.42 Å². The molecule has 0 aliphatic rings. The van der Waals surface area contributed by atoms with Crippen LogP contribution in [0.3, 0.4) is 0 Å². The van der Waals surface area contributed by atoms with Gasteiger partial charge in [-0.15, -0.1) is 0 Å². The lowest BCUT2D eigenvalue weighted by molar-refractivity contribution is 0.0954. The standard InChI is InChI=1S/C14H18N2O2S/c1-19(18)11-3-10-16-14(17)13-7-5-12(6-8-13)4-2-9-15/h5-8H,3,9-11,15H2,1H3,(H,16,17). The zero-order valence-electron chi connectivity index (χ0n) is 10.9. The van der Waals surface area contributed by atoms with E-state index in [0.717, 1.165) is 12.0 Å². The highest BCUT2D eigenvalue weighted by Gasteiger charge is 2.04. The van der Waals surface area contributed by atoms with E-state index in [4.69, 9.17) is 5.73 Å². The van der Waals surface area contributed by atoms with Gasteiger partial charge in [-0.2, -0.15) is 0 Å². The number of hydrogen-bond donors (Lipinski definition) is 2. The average molecular weight is 278 g/mol. The lowest BCUT2D eigenvalue weighted by Gasteiger charge is -2.04. The van der Waals surface area contributed by atoms with Crippen LogP contribution in [0, 0.1) is 11.8 Å². The summed E-state index contributed by atoms with van der Waals surface area (Å²) in [5.74, 6) is 6.13. The fourth-order valence-electron chi connectivity index (χ4n) is 1.44. The van der Waals surface area contributed by atoms with Gasteiger partial charge in [-0.1, -0.05) is 11.8 Å². The van der Waals surface area contributed by atoms with E-state index in [-0.39, 0.29) is 5.91 Å². The summed E-state index contributed by atoms with van der Waals surface area (Å²) in [5, 5.41) is 2.79. The number of carbonyl (C=O) groups excluding carboxylic acids is 1. The molecule has 1 rings (SSSR count). The topological polar surface area (TPSA) is 72.2 Å². The number of hydrogen-bond acceptors (Lipinski definition) is 3. The van der Waals surface area contributed by atoms with Gasteiger partial charge in [-0.05, 0) is 30.7 Å². The summed E-state index contributed by atoms with van der Waals surface area (Å²) < 4.78 is 10.9. The Labute approximate surface area is 116 Å². The van der Waals surface area contributed by atoms with Crippen LogP contribution in [-0.2, 0) is 10.8 Å². The van der Waals surface area contributed by atoms with Crippen molar-refractivity contribution in [3.8, 4) is 11.8 Å². The summed E-state index contributed by atoms with van der Waals surface area (Å²) in [6, 6.07) is 7.04. The van der Waals surface area contributed by atoms with Crippen molar-refractivity contribution < 1.29 is 9.00 Å². The van der Waals surface area contributed by atoms with Gasteiger partial charge in [0.2, 0.25) is 0 Å². The highest BCUT2D eigenvalue weighted by atomic mass is 32.2. The summed E-state index contributed by atoms with van der Waals surface area (Å²) in [7, 11) is -0.808. The van der Waals surface area contributed by atoms with Crippen LogP contribution in [0.15, 0.2) is 24.3 Å². The molecule has 0 spiro atoms. The molecule has 0 heterocycles. The predicted molar refractivity (Wildman–Crippen MR) is 78.3 cm³/mol. The second-order valence-corrected chi connectivity index (χ2v) is 5.52. The molecule has 0 saturated heterocycles. The maximum atomic E-state index is 11.8. The summed E-state index contributed by atoms with van der Waals surface area (Å²) in [6.07, 6.45) is 2.37. The van der Waals surface area contributed by atoms with Crippen molar-refractivity contribution in [3.63, 3.8) is 0 Å². The van der Waals surface area contributed by atoms with E-state index in [0.29, 0.717) is 24.4 Å². The van der Waals surface area contributed by atoms with E-state index >= 15 is 0 Å². The molecule has 0 aliphatic carbocycles. The molecule has 0 aliphatic heterocycles. The third-order valence-electron chi connectivity index (χ3n) is 2.38. The maximum absolute atomic E-state index is 11.8. The zero-order valence-corrected chi connectivity index (χ0v) is 11.8. The molecular weight excluding hydrogens is 260 g/mol. The zero-order chi connectivity index (χ0) is 14.1. The molecule has 3 N–H and O–H groups in total. The van der Waals surface area contributed by atoms with Gasteiger partial charge < -0.3 is 11.1 Å². The maximum Gasteiger partial charge on any atom is 0.251 e. The van der Waals surface area contributed by atoms with Crippen molar-refractivity contribution >= 4 is 16.7 Å². The van der Waals surface area contributed by atoms with Crippen LogP contribution < -0.4 is 11.1 Å². The van der Waals surface area contributed by atoms with Crippen molar-refractivity contribution in [1.82, 2.24) is 5.32 Å². The summed E-state index contributed by atoms with van der Waals surface area (Å²) in [6.45, 7) is 0.855. The van der Waals surface area contributed by atoms with E-state index in [9.17, 15) is 9.00 Å². The highest BCUT2D eigenvalue weighted by molar-refractivity contribution is 7.84. The van der Waals surface area contributed by atoms with Crippen LogP contribution in [0.2, 0.25) is 0 Å². The van der Waals surface area contributed by atoms with Crippen LogP contribution in [0.25, 0.3) is 0 Å². The molecule has 1 aromatic rings. The fraction of sp³-hybridized carbons (Fsp3) is 0.357. The Morgan fingerprint density at radius 1 is 1.37 bits per heavy atom. The Kier molecular flexibility index (Phi) is 6.86. The molecule has 5 heteroatoms. The minimum atomic E-state index is -0.808. The van der Waals surface area contributed by atoms with Gasteiger partial charge >= 0.3 is 0 Å². The summed E-state index contributed by atoms with van der Waals surface area (Å²) in [5.41, 5.74) is 6.71.